The van der Waals surface area contributed by atoms with E-state index in [1.807, 2.05) is 0 Å². The van der Waals surface area contributed by atoms with Gasteiger partial charge in [-0.1, -0.05) is 45.4 Å². The predicted octanol–water partition coefficient (Wildman–Crippen LogP) is 3.85. The number of likely N-dealkylation sites (N-methyl/N-ethyl adjacent to an activating group) is 1. The molecule has 0 spiro atoms. The smallest absolute Gasteiger partial charge is 0.0393 e. The molecule has 108 valence electrons. The quantitative estimate of drug-likeness (QED) is 0.765. The normalized spacial score (nSPS) is 14.2. The van der Waals surface area contributed by atoms with Gasteiger partial charge in [0.05, 0.1) is 0 Å². The molecule has 1 rings (SSSR count). The second-order valence-electron chi connectivity index (χ2n) is 5.61. The Hall–Kier alpha value is -1.02. The van der Waals surface area contributed by atoms with Gasteiger partial charge in [0.1, 0.15) is 0 Å². The summed E-state index contributed by atoms with van der Waals surface area (Å²) in [7, 11) is 2.20. The topological polar surface area (TPSA) is 15.3 Å². The summed E-state index contributed by atoms with van der Waals surface area (Å²) in [6.07, 6.45) is 2.42. The van der Waals surface area contributed by atoms with E-state index in [0.717, 1.165) is 13.1 Å². The second-order valence-corrected chi connectivity index (χ2v) is 5.61. The highest BCUT2D eigenvalue weighted by Gasteiger charge is 2.17. The molecule has 1 aromatic rings. The standard InChI is InChI=1S/C17H30N2/c1-6-12-18-16(14(3)7-2)13-19(5)17-11-9-8-10-15(17)4/h8-11,14,16,18H,6-7,12-13H2,1-5H3. The van der Waals surface area contributed by atoms with Gasteiger partial charge in [0.2, 0.25) is 0 Å². The molecule has 2 nitrogen and oxygen atoms in total. The zero-order valence-corrected chi connectivity index (χ0v) is 13.2. The molecule has 0 saturated carbocycles. The molecular weight excluding hydrogens is 232 g/mol. The van der Waals surface area contributed by atoms with Crippen LogP contribution in [0.15, 0.2) is 24.3 Å². The maximum Gasteiger partial charge on any atom is 0.0393 e. The average Bonchev–Trinajstić information content (AvgIpc) is 2.42. The Balaban J connectivity index is 2.70. The minimum Gasteiger partial charge on any atom is -0.373 e. The molecule has 0 saturated heterocycles. The largest absolute Gasteiger partial charge is 0.373 e. The number of para-hydroxylation sites is 1. The molecule has 0 aliphatic rings. The van der Waals surface area contributed by atoms with Crippen molar-refractivity contribution in [3.05, 3.63) is 29.8 Å². The van der Waals surface area contributed by atoms with Crippen LogP contribution in [-0.4, -0.2) is 26.2 Å². The Kier molecular flexibility index (Phi) is 6.93. The fourth-order valence-electron chi connectivity index (χ4n) is 2.45. The summed E-state index contributed by atoms with van der Waals surface area (Å²) in [6.45, 7) is 11.2. The van der Waals surface area contributed by atoms with Gasteiger partial charge in [-0.15, -0.1) is 0 Å². The lowest BCUT2D eigenvalue weighted by Crippen LogP contribution is -2.44. The molecule has 0 amide bonds. The van der Waals surface area contributed by atoms with Crippen LogP contribution in [0.3, 0.4) is 0 Å². The van der Waals surface area contributed by atoms with Gasteiger partial charge in [0, 0.05) is 25.3 Å². The first kappa shape index (κ1) is 16.0. The fraction of sp³-hybridized carbons (Fsp3) is 0.647. The van der Waals surface area contributed by atoms with Crippen molar-refractivity contribution >= 4 is 5.69 Å². The maximum atomic E-state index is 3.70. The van der Waals surface area contributed by atoms with Crippen LogP contribution in [0.2, 0.25) is 0 Å². The molecule has 2 unspecified atom stereocenters. The van der Waals surface area contributed by atoms with E-state index in [9.17, 15) is 0 Å². The van der Waals surface area contributed by atoms with Crippen LogP contribution in [0.1, 0.15) is 39.2 Å². The van der Waals surface area contributed by atoms with E-state index in [0.29, 0.717) is 12.0 Å². The van der Waals surface area contributed by atoms with E-state index < -0.39 is 0 Å². The summed E-state index contributed by atoms with van der Waals surface area (Å²) in [5.41, 5.74) is 2.69. The van der Waals surface area contributed by atoms with Crippen molar-refractivity contribution in [2.45, 2.75) is 46.6 Å². The third-order valence-electron chi connectivity index (χ3n) is 3.98. The molecule has 19 heavy (non-hydrogen) atoms. The maximum absolute atomic E-state index is 3.70. The SMILES string of the molecule is CCCNC(CN(C)c1ccccc1C)C(C)CC. The van der Waals surface area contributed by atoms with E-state index >= 15 is 0 Å². The van der Waals surface area contributed by atoms with Crippen LogP contribution < -0.4 is 10.2 Å². The lowest BCUT2D eigenvalue weighted by Gasteiger charge is -2.31. The predicted molar refractivity (Wildman–Crippen MR) is 86.0 cm³/mol. The van der Waals surface area contributed by atoms with Gasteiger partial charge in [-0.25, -0.2) is 0 Å². The first-order chi connectivity index (χ1) is 9.10. The Bertz CT molecular complexity index is 362. The van der Waals surface area contributed by atoms with Crippen LogP contribution in [0.25, 0.3) is 0 Å². The third kappa shape index (κ3) is 4.87. The number of hydrogen-bond acceptors (Lipinski definition) is 2. The zero-order chi connectivity index (χ0) is 14.3. The molecule has 0 bridgehead atoms. The van der Waals surface area contributed by atoms with Gasteiger partial charge < -0.3 is 10.2 Å². The van der Waals surface area contributed by atoms with Gasteiger partial charge in [0.15, 0.2) is 0 Å². The number of anilines is 1. The lowest BCUT2D eigenvalue weighted by atomic mass is 9.98. The van der Waals surface area contributed by atoms with E-state index in [4.69, 9.17) is 0 Å². The van der Waals surface area contributed by atoms with E-state index in [2.05, 4.69) is 69.2 Å². The zero-order valence-electron chi connectivity index (χ0n) is 13.2. The Morgan fingerprint density at radius 1 is 1.21 bits per heavy atom. The highest BCUT2D eigenvalue weighted by molar-refractivity contribution is 5.52. The molecule has 2 heteroatoms. The first-order valence-electron chi connectivity index (χ1n) is 7.60. The van der Waals surface area contributed by atoms with Crippen LogP contribution in [0.5, 0.6) is 0 Å². The summed E-state index contributed by atoms with van der Waals surface area (Å²) in [5.74, 6) is 0.706. The van der Waals surface area contributed by atoms with E-state index in [1.165, 1.54) is 24.1 Å². The van der Waals surface area contributed by atoms with Gasteiger partial charge in [-0.05, 0) is 37.4 Å². The van der Waals surface area contributed by atoms with Crippen LogP contribution in [0.4, 0.5) is 5.69 Å². The lowest BCUT2D eigenvalue weighted by molar-refractivity contribution is 0.370. The highest BCUT2D eigenvalue weighted by atomic mass is 15.1. The van der Waals surface area contributed by atoms with Gasteiger partial charge >= 0.3 is 0 Å². The molecular formula is C17H30N2. The Morgan fingerprint density at radius 2 is 1.89 bits per heavy atom. The summed E-state index contributed by atoms with van der Waals surface area (Å²) in [6, 6.07) is 9.19. The molecule has 1 N–H and O–H groups in total. The van der Waals surface area contributed by atoms with Gasteiger partial charge in [-0.2, -0.15) is 0 Å². The van der Waals surface area contributed by atoms with Crippen molar-refractivity contribution in [2.24, 2.45) is 5.92 Å². The molecule has 0 radical (unpaired) electrons. The van der Waals surface area contributed by atoms with Crippen molar-refractivity contribution in [1.82, 2.24) is 5.32 Å². The number of rotatable bonds is 8. The second kappa shape index (κ2) is 8.21. The van der Waals surface area contributed by atoms with E-state index in [-0.39, 0.29) is 0 Å². The molecule has 2 atom stereocenters. The number of hydrogen-bond donors (Lipinski definition) is 1. The van der Waals surface area contributed by atoms with Crippen LogP contribution in [0, 0.1) is 12.8 Å². The van der Waals surface area contributed by atoms with Crippen molar-refractivity contribution in [2.75, 3.05) is 25.0 Å². The fourth-order valence-corrected chi connectivity index (χ4v) is 2.45. The van der Waals surface area contributed by atoms with E-state index in [1.54, 1.807) is 0 Å². The molecule has 0 fully saturated rings. The molecule has 1 aromatic carbocycles. The minimum absolute atomic E-state index is 0.564. The summed E-state index contributed by atoms with van der Waals surface area (Å²) < 4.78 is 0. The molecule has 0 aromatic heterocycles. The third-order valence-corrected chi connectivity index (χ3v) is 3.98. The van der Waals surface area contributed by atoms with Gasteiger partial charge in [0.25, 0.3) is 0 Å². The van der Waals surface area contributed by atoms with Crippen LogP contribution in [-0.2, 0) is 0 Å². The molecule has 0 aliphatic heterocycles. The number of aryl methyl sites for hydroxylation is 1. The summed E-state index contributed by atoms with van der Waals surface area (Å²) in [5, 5.41) is 3.70. The molecule has 0 heterocycles. The summed E-state index contributed by atoms with van der Waals surface area (Å²) in [4.78, 5) is 2.38. The number of nitrogens with zero attached hydrogens (tertiary/aromatic N) is 1. The van der Waals surface area contributed by atoms with Crippen molar-refractivity contribution in [3.63, 3.8) is 0 Å². The minimum atomic E-state index is 0.564. The first-order valence-corrected chi connectivity index (χ1v) is 7.60. The number of benzene rings is 1. The Labute approximate surface area is 119 Å². The highest BCUT2D eigenvalue weighted by Crippen LogP contribution is 2.19. The molecule has 0 aliphatic carbocycles. The van der Waals surface area contributed by atoms with Crippen LogP contribution >= 0.6 is 0 Å². The monoisotopic (exact) mass is 262 g/mol. The van der Waals surface area contributed by atoms with Crippen molar-refractivity contribution in [3.8, 4) is 0 Å². The van der Waals surface area contributed by atoms with Gasteiger partial charge in [-0.3, -0.25) is 0 Å². The Morgan fingerprint density at radius 3 is 2.47 bits per heavy atom. The van der Waals surface area contributed by atoms with Crippen molar-refractivity contribution in [1.29, 1.82) is 0 Å². The summed E-state index contributed by atoms with van der Waals surface area (Å²) >= 11 is 0. The average molecular weight is 262 g/mol. The number of nitrogens with one attached hydrogen (secondary N) is 1. The van der Waals surface area contributed by atoms with Crippen molar-refractivity contribution < 1.29 is 0 Å².